The molecule has 0 fully saturated rings. The zero-order chi connectivity index (χ0) is 47.8. The van der Waals surface area contributed by atoms with E-state index in [9.17, 15) is 27.9 Å². The van der Waals surface area contributed by atoms with Gasteiger partial charge in [-0.25, -0.2) is 8.42 Å². The van der Waals surface area contributed by atoms with Crippen LogP contribution in [0.1, 0.15) is 97.2 Å². The highest BCUT2D eigenvalue weighted by molar-refractivity contribution is 7.91. The average molecular weight is 935 g/mol. The summed E-state index contributed by atoms with van der Waals surface area (Å²) in [6.07, 6.45) is 6.90. The van der Waals surface area contributed by atoms with Crippen molar-refractivity contribution in [3.8, 4) is 11.5 Å². The van der Waals surface area contributed by atoms with Crippen molar-refractivity contribution in [3.05, 3.63) is 124 Å². The van der Waals surface area contributed by atoms with E-state index in [2.05, 4.69) is 59.8 Å². The van der Waals surface area contributed by atoms with Gasteiger partial charge in [-0.05, 0) is 110 Å². The first-order valence-corrected chi connectivity index (χ1v) is 26.7. The van der Waals surface area contributed by atoms with Crippen LogP contribution in [0, 0.1) is 6.92 Å². The maximum Gasteiger partial charge on any atom is 0.252 e. The van der Waals surface area contributed by atoms with Crippen molar-refractivity contribution in [1.29, 1.82) is 0 Å². The van der Waals surface area contributed by atoms with E-state index in [0.717, 1.165) is 56.0 Å². The number of benzene rings is 4. The second-order valence-electron chi connectivity index (χ2n) is 18.2. The van der Waals surface area contributed by atoms with Crippen LogP contribution in [0.15, 0.2) is 106 Å². The smallest absolute Gasteiger partial charge is 0.252 e. The topological polar surface area (TPSA) is 215 Å². The van der Waals surface area contributed by atoms with Crippen LogP contribution in [0.4, 0.5) is 11.4 Å². The number of fused-ring (bicyclic) bond motifs is 2. The van der Waals surface area contributed by atoms with E-state index in [4.69, 9.17) is 14.9 Å². The van der Waals surface area contributed by atoms with E-state index in [-0.39, 0.29) is 49.3 Å². The molecule has 0 aliphatic heterocycles. The highest BCUT2D eigenvalue weighted by Crippen LogP contribution is 2.41. The second-order valence-corrected chi connectivity index (χ2v) is 24.9. The number of amides is 2. The number of aromatic nitrogens is 2. The van der Waals surface area contributed by atoms with Gasteiger partial charge in [0.1, 0.15) is 11.5 Å². The van der Waals surface area contributed by atoms with Crippen molar-refractivity contribution in [2.75, 3.05) is 32.1 Å². The standard InChI is InChI=1S/C50H62N6O8SSi/c1-32-26-37(29-40-45(32)54-30-41(48(51)59)46(40)55-34-17-15-18-35(28-34)63-5)65(61,62)36-19-14-16-33(27-36)49(60)53-25-13-11-9-8-10-12-24-52-31-43(64-66(6,7)50(2,3)4)38-20-22-42(57)47-39(38)21-23-44(58)56-47/h14-23,26-30,43,52,57H,8-13,24-25,31H2,1-7H3,(H2,51,59)(H,53,60)(H,54,55)(H,56,58)/t43-/m0/s1. The van der Waals surface area contributed by atoms with Crippen LogP contribution in [0.5, 0.6) is 11.5 Å². The molecule has 0 bridgehead atoms. The number of hydrogen-bond acceptors (Lipinski definition) is 11. The quantitative estimate of drug-likeness (QED) is 0.0296. The van der Waals surface area contributed by atoms with Crippen molar-refractivity contribution in [2.45, 2.75) is 100 Å². The van der Waals surface area contributed by atoms with Crippen LogP contribution >= 0.6 is 0 Å². The van der Waals surface area contributed by atoms with Gasteiger partial charge in [0.2, 0.25) is 15.4 Å². The molecule has 2 amide bonds. The van der Waals surface area contributed by atoms with Crippen molar-refractivity contribution < 1.29 is 32.3 Å². The van der Waals surface area contributed by atoms with Gasteiger partial charge in [0.15, 0.2) is 8.32 Å². The maximum atomic E-state index is 14.1. The Morgan fingerprint density at radius 1 is 0.879 bits per heavy atom. The largest absolute Gasteiger partial charge is 0.506 e. The Balaban J connectivity index is 0.998. The summed E-state index contributed by atoms with van der Waals surface area (Å²) in [6.45, 7) is 14.6. The SMILES string of the molecule is COc1cccc(Nc2c(C(N)=O)cnc3c(C)cc(S(=O)(=O)c4cccc(C(=O)NCCCCCCCCNC[C@H](O[Si](C)(C)C(C)(C)C)c5ccc(O)c6[nH]c(=O)ccc56)c4)cc23)c1. The molecule has 0 unspecified atom stereocenters. The van der Waals surface area contributed by atoms with Gasteiger partial charge < -0.3 is 40.9 Å². The Hall–Kier alpha value is -6.07. The Bertz CT molecular complexity index is 2900. The van der Waals surface area contributed by atoms with Crippen LogP contribution in [0.2, 0.25) is 18.1 Å². The molecular weight excluding hydrogens is 873 g/mol. The number of aromatic amines is 1. The third-order valence-corrected chi connectivity index (χ3v) is 18.6. The Morgan fingerprint density at radius 2 is 1.59 bits per heavy atom. The van der Waals surface area contributed by atoms with E-state index in [1.807, 2.05) is 6.07 Å². The number of nitrogens with one attached hydrogen (secondary N) is 4. The fourth-order valence-corrected chi connectivity index (χ4v) is 10.3. The summed E-state index contributed by atoms with van der Waals surface area (Å²) < 4.78 is 40.6. The van der Waals surface area contributed by atoms with E-state index in [1.165, 1.54) is 36.5 Å². The number of primary amides is 1. The first-order chi connectivity index (χ1) is 31.3. The van der Waals surface area contributed by atoms with Gasteiger partial charge in [-0.15, -0.1) is 0 Å². The summed E-state index contributed by atoms with van der Waals surface area (Å²) >= 11 is 0. The average Bonchev–Trinajstić information content (AvgIpc) is 3.27. The predicted molar refractivity (Wildman–Crippen MR) is 263 cm³/mol. The number of methoxy groups -OCH3 is 1. The van der Waals surface area contributed by atoms with Gasteiger partial charge in [-0.1, -0.05) is 64.7 Å². The van der Waals surface area contributed by atoms with E-state index in [0.29, 0.717) is 52.2 Å². The predicted octanol–water partition coefficient (Wildman–Crippen LogP) is 9.20. The Kier molecular flexibility index (Phi) is 15.7. The first-order valence-electron chi connectivity index (χ1n) is 22.3. The molecule has 7 N–H and O–H groups in total. The summed E-state index contributed by atoms with van der Waals surface area (Å²) in [5.74, 6) is -0.493. The lowest BCUT2D eigenvalue weighted by Gasteiger charge is -2.39. The molecule has 0 aliphatic carbocycles. The molecule has 14 nitrogen and oxygen atoms in total. The fourth-order valence-electron chi connectivity index (χ4n) is 7.62. The Labute approximate surface area is 387 Å². The molecule has 2 heterocycles. The second kappa shape index (κ2) is 21.0. The molecule has 0 spiro atoms. The summed E-state index contributed by atoms with van der Waals surface area (Å²) in [5, 5.41) is 21.4. The van der Waals surface area contributed by atoms with E-state index >= 15 is 0 Å². The molecule has 6 rings (SSSR count). The van der Waals surface area contributed by atoms with Gasteiger partial charge >= 0.3 is 0 Å². The molecule has 0 saturated carbocycles. The molecular formula is C50H62N6O8SSi. The number of aromatic hydroxyl groups is 1. The lowest BCUT2D eigenvalue weighted by Crippen LogP contribution is -2.43. The van der Waals surface area contributed by atoms with Crippen LogP contribution in [-0.4, -0.2) is 70.4 Å². The lowest BCUT2D eigenvalue weighted by molar-refractivity contribution is 0.0951. The number of nitrogens with two attached hydrogens (primary N) is 1. The highest BCUT2D eigenvalue weighted by atomic mass is 32.2. The number of nitrogens with zero attached hydrogens (tertiary/aromatic N) is 1. The van der Waals surface area contributed by atoms with Gasteiger partial charge in [0.25, 0.3) is 11.8 Å². The number of hydrogen-bond donors (Lipinski definition) is 6. The van der Waals surface area contributed by atoms with Crippen molar-refractivity contribution >= 4 is 63.1 Å². The lowest BCUT2D eigenvalue weighted by atomic mass is 10.0. The number of phenols is 1. The number of carbonyl (C=O) groups excluding carboxylic acids is 2. The van der Waals surface area contributed by atoms with Crippen molar-refractivity contribution in [3.63, 3.8) is 0 Å². The molecule has 4 aromatic carbocycles. The number of aryl methyl sites for hydroxylation is 1. The molecule has 0 radical (unpaired) electrons. The minimum atomic E-state index is -4.13. The van der Waals surface area contributed by atoms with Crippen LogP contribution < -0.4 is 32.0 Å². The minimum Gasteiger partial charge on any atom is -0.506 e. The maximum absolute atomic E-state index is 14.1. The van der Waals surface area contributed by atoms with Crippen molar-refractivity contribution in [1.82, 2.24) is 20.6 Å². The number of unbranched alkanes of at least 4 members (excludes halogenated alkanes) is 5. The molecule has 350 valence electrons. The molecule has 1 atom stereocenters. The molecule has 66 heavy (non-hydrogen) atoms. The summed E-state index contributed by atoms with van der Waals surface area (Å²) in [4.78, 5) is 45.0. The van der Waals surface area contributed by atoms with Gasteiger partial charge in [-0.2, -0.15) is 0 Å². The number of rotatable bonds is 21. The molecule has 6 aromatic rings. The van der Waals surface area contributed by atoms with E-state index < -0.39 is 24.1 Å². The number of ether oxygens (including phenoxy) is 1. The summed E-state index contributed by atoms with van der Waals surface area (Å²) in [5.41, 5.74) is 9.07. The zero-order valence-electron chi connectivity index (χ0n) is 38.8. The molecule has 2 aromatic heterocycles. The number of phenolic OH excluding ortho intramolecular Hbond substituents is 1. The minimum absolute atomic E-state index is 0.00788. The first kappa shape index (κ1) is 49.4. The number of H-pyrrole nitrogens is 1. The number of pyridine rings is 2. The van der Waals surface area contributed by atoms with E-state index in [1.54, 1.807) is 62.6 Å². The van der Waals surface area contributed by atoms with Crippen molar-refractivity contribution in [2.24, 2.45) is 5.73 Å². The number of carbonyl (C=O) groups is 2. The number of sulfone groups is 1. The van der Waals surface area contributed by atoms with Crippen LogP contribution in [0.3, 0.4) is 0 Å². The number of anilines is 2. The third-order valence-electron chi connectivity index (χ3n) is 12.3. The Morgan fingerprint density at radius 3 is 2.30 bits per heavy atom. The molecule has 16 heteroatoms. The fraction of sp³-hybridized carbons (Fsp3) is 0.360. The normalized spacial score (nSPS) is 12.6. The summed E-state index contributed by atoms with van der Waals surface area (Å²) in [7, 11) is -4.76. The highest BCUT2D eigenvalue weighted by Gasteiger charge is 2.40. The van der Waals surface area contributed by atoms with Gasteiger partial charge in [-0.3, -0.25) is 19.4 Å². The molecule has 0 aliphatic rings. The third kappa shape index (κ3) is 11.7. The van der Waals surface area contributed by atoms with Crippen LogP contribution in [-0.2, 0) is 14.3 Å². The molecule has 0 saturated heterocycles. The van der Waals surface area contributed by atoms with Crippen LogP contribution in [0.25, 0.3) is 21.8 Å². The zero-order valence-corrected chi connectivity index (χ0v) is 40.7. The van der Waals surface area contributed by atoms with Gasteiger partial charge in [0.05, 0.1) is 45.3 Å². The van der Waals surface area contributed by atoms with Gasteiger partial charge in [0, 0.05) is 53.4 Å². The summed E-state index contributed by atoms with van der Waals surface area (Å²) in [6, 6.07) is 22.8. The monoisotopic (exact) mass is 934 g/mol.